The standard InChI is InChI=1S/C17H25N3O4S/c1-14-13-19(11-12-24-14)17(21)15-3-5-16(6-4-15)25(22,23)20-9-7-18(2)8-10-20/h3-6,14H,7-13H2,1-2H3. The van der Waals surface area contributed by atoms with Crippen LogP contribution in [0, 0.1) is 0 Å². The highest BCUT2D eigenvalue weighted by Gasteiger charge is 2.28. The number of amides is 1. The molecule has 0 radical (unpaired) electrons. The van der Waals surface area contributed by atoms with Crippen LogP contribution in [0.2, 0.25) is 0 Å². The second-order valence-electron chi connectivity index (χ2n) is 6.66. The summed E-state index contributed by atoms with van der Waals surface area (Å²) < 4.78 is 32.4. The molecule has 0 spiro atoms. The number of likely N-dealkylation sites (N-methyl/N-ethyl adjacent to an activating group) is 1. The maximum Gasteiger partial charge on any atom is 0.254 e. The minimum absolute atomic E-state index is 0.0228. The van der Waals surface area contributed by atoms with Crippen molar-refractivity contribution in [2.75, 3.05) is 52.9 Å². The number of rotatable bonds is 3. The minimum Gasteiger partial charge on any atom is -0.375 e. The van der Waals surface area contributed by atoms with Gasteiger partial charge in [0, 0.05) is 44.8 Å². The molecule has 0 aromatic heterocycles. The lowest BCUT2D eigenvalue weighted by molar-refractivity contribution is -0.0124. The summed E-state index contributed by atoms with van der Waals surface area (Å²) in [6.07, 6.45) is 0.0228. The van der Waals surface area contributed by atoms with E-state index in [0.29, 0.717) is 38.3 Å². The van der Waals surface area contributed by atoms with Gasteiger partial charge in [0.2, 0.25) is 10.0 Å². The molecule has 2 aliphatic rings. The lowest BCUT2D eigenvalue weighted by Crippen LogP contribution is -2.47. The number of benzene rings is 1. The topological polar surface area (TPSA) is 70.2 Å². The number of hydrogen-bond acceptors (Lipinski definition) is 5. The minimum atomic E-state index is -3.50. The first-order valence-corrected chi connectivity index (χ1v) is 10.0. The summed E-state index contributed by atoms with van der Waals surface area (Å²) in [5.74, 6) is -0.0845. The van der Waals surface area contributed by atoms with Crippen molar-refractivity contribution in [3.05, 3.63) is 29.8 Å². The molecule has 138 valence electrons. The van der Waals surface area contributed by atoms with E-state index in [1.807, 2.05) is 14.0 Å². The SMILES string of the molecule is CC1CN(C(=O)c2ccc(S(=O)(=O)N3CCN(C)CC3)cc2)CCO1. The molecule has 2 fully saturated rings. The third-order valence-electron chi connectivity index (χ3n) is 4.73. The van der Waals surface area contributed by atoms with Crippen LogP contribution in [0.1, 0.15) is 17.3 Å². The van der Waals surface area contributed by atoms with Gasteiger partial charge >= 0.3 is 0 Å². The molecule has 1 atom stereocenters. The van der Waals surface area contributed by atoms with Gasteiger partial charge < -0.3 is 14.5 Å². The fourth-order valence-electron chi connectivity index (χ4n) is 3.13. The predicted molar refractivity (Wildman–Crippen MR) is 94.0 cm³/mol. The lowest BCUT2D eigenvalue weighted by Gasteiger charge is -2.32. The molecule has 3 rings (SSSR count). The zero-order valence-electron chi connectivity index (χ0n) is 14.7. The van der Waals surface area contributed by atoms with Gasteiger partial charge in [-0.05, 0) is 38.2 Å². The van der Waals surface area contributed by atoms with Crippen LogP contribution in [0.3, 0.4) is 0 Å². The van der Waals surface area contributed by atoms with Crippen LogP contribution in [-0.2, 0) is 14.8 Å². The predicted octanol–water partition coefficient (Wildman–Crippen LogP) is 0.484. The normalized spacial score (nSPS) is 23.6. The Balaban J connectivity index is 1.72. The van der Waals surface area contributed by atoms with E-state index in [9.17, 15) is 13.2 Å². The Labute approximate surface area is 149 Å². The smallest absolute Gasteiger partial charge is 0.254 e. The van der Waals surface area contributed by atoms with Crippen LogP contribution in [0.25, 0.3) is 0 Å². The summed E-state index contributed by atoms with van der Waals surface area (Å²) in [6, 6.07) is 6.27. The highest BCUT2D eigenvalue weighted by atomic mass is 32.2. The Morgan fingerprint density at radius 1 is 1.08 bits per heavy atom. The molecule has 8 heteroatoms. The first kappa shape index (κ1) is 18.3. The molecule has 1 aromatic carbocycles. The van der Waals surface area contributed by atoms with Crippen molar-refractivity contribution < 1.29 is 17.9 Å². The molecular weight excluding hydrogens is 342 g/mol. The van der Waals surface area contributed by atoms with E-state index in [-0.39, 0.29) is 16.9 Å². The number of piperazine rings is 1. The van der Waals surface area contributed by atoms with Crippen molar-refractivity contribution in [3.63, 3.8) is 0 Å². The zero-order valence-corrected chi connectivity index (χ0v) is 15.5. The summed E-state index contributed by atoms with van der Waals surface area (Å²) in [7, 11) is -1.52. The van der Waals surface area contributed by atoms with Crippen molar-refractivity contribution in [3.8, 4) is 0 Å². The average molecular weight is 367 g/mol. The number of carbonyl (C=O) groups excluding carboxylic acids is 1. The van der Waals surface area contributed by atoms with Gasteiger partial charge in [-0.15, -0.1) is 0 Å². The van der Waals surface area contributed by atoms with E-state index >= 15 is 0 Å². The van der Waals surface area contributed by atoms with Gasteiger partial charge in [0.1, 0.15) is 0 Å². The van der Waals surface area contributed by atoms with Crippen molar-refractivity contribution in [1.29, 1.82) is 0 Å². The van der Waals surface area contributed by atoms with E-state index in [2.05, 4.69) is 4.90 Å². The maximum atomic E-state index is 12.7. The molecule has 0 saturated carbocycles. The first-order chi connectivity index (χ1) is 11.9. The molecule has 25 heavy (non-hydrogen) atoms. The molecule has 0 aliphatic carbocycles. The Morgan fingerprint density at radius 2 is 1.72 bits per heavy atom. The molecule has 0 bridgehead atoms. The lowest BCUT2D eigenvalue weighted by atomic mass is 10.2. The van der Waals surface area contributed by atoms with Gasteiger partial charge in [0.15, 0.2) is 0 Å². The Hall–Kier alpha value is -1.48. The molecule has 2 aliphatic heterocycles. The van der Waals surface area contributed by atoms with Gasteiger partial charge in [-0.3, -0.25) is 4.79 Å². The molecule has 1 aromatic rings. The molecule has 1 amide bonds. The fraction of sp³-hybridized carbons (Fsp3) is 0.588. The Kier molecular flexibility index (Phi) is 5.43. The summed E-state index contributed by atoms with van der Waals surface area (Å²) in [5.41, 5.74) is 0.506. The van der Waals surface area contributed by atoms with E-state index in [1.165, 1.54) is 16.4 Å². The van der Waals surface area contributed by atoms with Gasteiger partial charge in [0.25, 0.3) is 5.91 Å². The van der Waals surface area contributed by atoms with Crippen LogP contribution >= 0.6 is 0 Å². The maximum absolute atomic E-state index is 12.7. The zero-order chi connectivity index (χ0) is 18.0. The number of ether oxygens (including phenoxy) is 1. The van der Waals surface area contributed by atoms with Crippen molar-refractivity contribution in [1.82, 2.24) is 14.1 Å². The second-order valence-corrected chi connectivity index (χ2v) is 8.60. The number of morpholine rings is 1. The molecule has 0 N–H and O–H groups in total. The summed E-state index contributed by atoms with van der Waals surface area (Å²) >= 11 is 0. The number of sulfonamides is 1. The van der Waals surface area contributed by atoms with Crippen LogP contribution in [0.15, 0.2) is 29.2 Å². The van der Waals surface area contributed by atoms with Crippen molar-refractivity contribution >= 4 is 15.9 Å². The monoisotopic (exact) mass is 367 g/mol. The average Bonchev–Trinajstić information content (AvgIpc) is 2.61. The third kappa shape index (κ3) is 4.03. The highest BCUT2D eigenvalue weighted by Crippen LogP contribution is 2.19. The number of nitrogens with zero attached hydrogens (tertiary/aromatic N) is 3. The van der Waals surface area contributed by atoms with E-state index in [4.69, 9.17) is 4.74 Å². The van der Waals surface area contributed by atoms with Gasteiger partial charge in [0.05, 0.1) is 17.6 Å². The molecular formula is C17H25N3O4S. The summed E-state index contributed by atoms with van der Waals surface area (Å²) in [5, 5.41) is 0. The Morgan fingerprint density at radius 3 is 2.32 bits per heavy atom. The quantitative estimate of drug-likeness (QED) is 0.777. The van der Waals surface area contributed by atoms with Crippen LogP contribution in [0.4, 0.5) is 0 Å². The molecule has 2 heterocycles. The van der Waals surface area contributed by atoms with Crippen LogP contribution in [0.5, 0.6) is 0 Å². The highest BCUT2D eigenvalue weighted by molar-refractivity contribution is 7.89. The third-order valence-corrected chi connectivity index (χ3v) is 6.64. The molecule has 7 nitrogen and oxygen atoms in total. The first-order valence-electron chi connectivity index (χ1n) is 8.57. The second kappa shape index (κ2) is 7.41. The largest absolute Gasteiger partial charge is 0.375 e. The number of carbonyl (C=O) groups is 1. The van der Waals surface area contributed by atoms with Crippen molar-refractivity contribution in [2.45, 2.75) is 17.9 Å². The van der Waals surface area contributed by atoms with Crippen molar-refractivity contribution in [2.24, 2.45) is 0 Å². The van der Waals surface area contributed by atoms with Crippen LogP contribution < -0.4 is 0 Å². The fourth-order valence-corrected chi connectivity index (χ4v) is 4.55. The summed E-state index contributed by atoms with van der Waals surface area (Å²) in [6.45, 7) is 6.02. The van der Waals surface area contributed by atoms with E-state index in [0.717, 1.165) is 13.1 Å². The molecule has 2 saturated heterocycles. The van der Waals surface area contributed by atoms with Crippen LogP contribution in [-0.4, -0.2) is 87.5 Å². The Bertz CT molecular complexity index is 712. The summed E-state index contributed by atoms with van der Waals surface area (Å²) in [4.78, 5) is 16.6. The van der Waals surface area contributed by atoms with Gasteiger partial charge in [-0.2, -0.15) is 4.31 Å². The van der Waals surface area contributed by atoms with Gasteiger partial charge in [-0.1, -0.05) is 0 Å². The number of hydrogen-bond donors (Lipinski definition) is 0. The van der Waals surface area contributed by atoms with E-state index < -0.39 is 10.0 Å². The molecule has 1 unspecified atom stereocenters. The van der Waals surface area contributed by atoms with Gasteiger partial charge in [-0.25, -0.2) is 8.42 Å². The van der Waals surface area contributed by atoms with E-state index in [1.54, 1.807) is 17.0 Å².